The summed E-state index contributed by atoms with van der Waals surface area (Å²) in [5.74, 6) is 0.294. The van der Waals surface area contributed by atoms with Crippen LogP contribution in [0.1, 0.15) is 49.9 Å². The first kappa shape index (κ1) is 14.2. The van der Waals surface area contributed by atoms with E-state index >= 15 is 0 Å². The number of rotatable bonds is 5. The van der Waals surface area contributed by atoms with Gasteiger partial charge in [0, 0.05) is 20.8 Å². The summed E-state index contributed by atoms with van der Waals surface area (Å²) >= 11 is 5.09. The van der Waals surface area contributed by atoms with E-state index in [9.17, 15) is 4.79 Å². The van der Waals surface area contributed by atoms with Crippen molar-refractivity contribution in [3.8, 4) is 0 Å². The van der Waals surface area contributed by atoms with Crippen LogP contribution in [-0.2, 0) is 0 Å². The molecule has 2 nitrogen and oxygen atoms in total. The summed E-state index contributed by atoms with van der Waals surface area (Å²) in [6.07, 6.45) is 4.23. The minimum Gasteiger partial charge on any atom is -0.292 e. The second kappa shape index (κ2) is 5.85. The van der Waals surface area contributed by atoms with Crippen LogP contribution in [0.5, 0.6) is 0 Å². The predicted molar refractivity (Wildman–Crippen MR) is 80.5 cm³/mol. The molecule has 4 heteroatoms. The van der Waals surface area contributed by atoms with E-state index in [0.29, 0.717) is 5.78 Å². The fraction of sp³-hybridized carbons (Fsp3) is 0.643. The van der Waals surface area contributed by atoms with Gasteiger partial charge in [-0.25, -0.2) is 0 Å². The Morgan fingerprint density at radius 3 is 2.39 bits per heavy atom. The van der Waals surface area contributed by atoms with Crippen molar-refractivity contribution >= 4 is 33.0 Å². The first-order valence-corrected chi connectivity index (χ1v) is 8.41. The number of carbonyl (C=O) groups excluding carboxylic acids is 1. The van der Waals surface area contributed by atoms with Gasteiger partial charge in [-0.1, -0.05) is 13.8 Å². The summed E-state index contributed by atoms with van der Waals surface area (Å²) in [6.45, 7) is 6.41. The topological polar surface area (TPSA) is 20.3 Å². The number of nitrogens with zero attached hydrogens (tertiary/aromatic N) is 1. The van der Waals surface area contributed by atoms with Crippen molar-refractivity contribution < 1.29 is 4.79 Å². The fourth-order valence-corrected chi connectivity index (χ4v) is 4.46. The SMILES string of the molecule is CCC(CC)(C(=O)c1cscc1Br)N1CCCC1. The van der Waals surface area contributed by atoms with E-state index in [2.05, 4.69) is 34.7 Å². The molecule has 2 heterocycles. The molecule has 2 rings (SSSR count). The highest BCUT2D eigenvalue weighted by Gasteiger charge is 2.42. The zero-order valence-electron chi connectivity index (χ0n) is 11.0. The van der Waals surface area contributed by atoms with Gasteiger partial charge in [0.05, 0.1) is 5.54 Å². The number of Topliss-reactive ketones (excluding diaryl/α,β-unsaturated/α-hetero) is 1. The Morgan fingerprint density at radius 2 is 1.94 bits per heavy atom. The van der Waals surface area contributed by atoms with Crippen LogP contribution in [-0.4, -0.2) is 29.3 Å². The molecule has 0 unspecified atom stereocenters. The molecule has 0 radical (unpaired) electrons. The van der Waals surface area contributed by atoms with Crippen molar-refractivity contribution in [3.05, 3.63) is 20.8 Å². The molecular weight excluding hydrogens is 310 g/mol. The molecule has 0 N–H and O–H groups in total. The Kier molecular flexibility index (Phi) is 4.62. The highest BCUT2D eigenvalue weighted by molar-refractivity contribution is 9.10. The van der Waals surface area contributed by atoms with Gasteiger partial charge in [0.25, 0.3) is 0 Å². The van der Waals surface area contributed by atoms with Gasteiger partial charge in [0.15, 0.2) is 5.78 Å². The molecule has 1 aliphatic rings. The van der Waals surface area contributed by atoms with E-state index in [1.165, 1.54) is 12.8 Å². The number of hydrogen-bond acceptors (Lipinski definition) is 3. The molecule has 0 amide bonds. The molecule has 0 spiro atoms. The smallest absolute Gasteiger partial charge is 0.185 e. The zero-order valence-corrected chi connectivity index (χ0v) is 13.4. The van der Waals surface area contributed by atoms with Gasteiger partial charge in [-0.15, -0.1) is 0 Å². The van der Waals surface area contributed by atoms with E-state index in [0.717, 1.165) is 36.0 Å². The van der Waals surface area contributed by atoms with Gasteiger partial charge >= 0.3 is 0 Å². The maximum absolute atomic E-state index is 12.9. The summed E-state index contributed by atoms with van der Waals surface area (Å²) in [6, 6.07) is 0. The molecule has 100 valence electrons. The Hall–Kier alpha value is -0.190. The molecule has 1 saturated heterocycles. The van der Waals surface area contributed by atoms with Crippen molar-refractivity contribution in [3.63, 3.8) is 0 Å². The van der Waals surface area contributed by atoms with Crippen molar-refractivity contribution in [1.29, 1.82) is 0 Å². The standard InChI is InChI=1S/C14H20BrNOS/c1-3-14(4-2,16-7-5-6-8-16)13(17)11-9-18-10-12(11)15/h9-10H,3-8H2,1-2H3. The molecule has 1 aromatic rings. The first-order chi connectivity index (χ1) is 8.65. The molecule has 0 aromatic carbocycles. The average Bonchev–Trinajstić information content (AvgIpc) is 3.02. The third kappa shape index (κ3) is 2.30. The van der Waals surface area contributed by atoms with Crippen LogP contribution >= 0.6 is 27.3 Å². The van der Waals surface area contributed by atoms with Crippen LogP contribution in [0.15, 0.2) is 15.2 Å². The lowest BCUT2D eigenvalue weighted by atomic mass is 9.83. The average molecular weight is 330 g/mol. The van der Waals surface area contributed by atoms with Gasteiger partial charge in [0.1, 0.15) is 0 Å². The lowest BCUT2D eigenvalue weighted by Crippen LogP contribution is -2.52. The van der Waals surface area contributed by atoms with Crippen LogP contribution in [0.25, 0.3) is 0 Å². The van der Waals surface area contributed by atoms with Gasteiger partial charge in [-0.3, -0.25) is 9.69 Å². The number of carbonyl (C=O) groups is 1. The van der Waals surface area contributed by atoms with Crippen LogP contribution in [0.4, 0.5) is 0 Å². The summed E-state index contributed by atoms with van der Waals surface area (Å²) in [5.41, 5.74) is 0.565. The van der Waals surface area contributed by atoms with Crippen LogP contribution in [0, 0.1) is 0 Å². The molecule has 1 aromatic heterocycles. The molecule has 1 aliphatic heterocycles. The third-order valence-corrected chi connectivity index (χ3v) is 5.87. The van der Waals surface area contributed by atoms with E-state index in [1.807, 2.05) is 10.8 Å². The van der Waals surface area contributed by atoms with Crippen molar-refractivity contribution in [1.82, 2.24) is 4.90 Å². The molecule has 0 atom stereocenters. The highest BCUT2D eigenvalue weighted by atomic mass is 79.9. The van der Waals surface area contributed by atoms with Gasteiger partial charge in [0.2, 0.25) is 0 Å². The van der Waals surface area contributed by atoms with Gasteiger partial charge < -0.3 is 0 Å². The Balaban J connectivity index is 2.35. The van der Waals surface area contributed by atoms with Crippen LogP contribution in [0.2, 0.25) is 0 Å². The third-order valence-electron chi connectivity index (χ3n) is 4.16. The number of ketones is 1. The normalized spacial score (nSPS) is 17.3. The Bertz CT molecular complexity index is 419. The second-order valence-electron chi connectivity index (χ2n) is 4.90. The molecular formula is C14H20BrNOS. The molecule has 1 fully saturated rings. The molecule has 0 aliphatic carbocycles. The lowest BCUT2D eigenvalue weighted by molar-refractivity contribution is 0.0581. The summed E-state index contributed by atoms with van der Waals surface area (Å²) in [7, 11) is 0. The van der Waals surface area contributed by atoms with E-state index in [4.69, 9.17) is 0 Å². The minimum atomic E-state index is -0.292. The minimum absolute atomic E-state index is 0.292. The number of halogens is 1. The van der Waals surface area contributed by atoms with Crippen molar-refractivity contribution in [2.45, 2.75) is 45.1 Å². The van der Waals surface area contributed by atoms with E-state index in [1.54, 1.807) is 11.3 Å². The van der Waals surface area contributed by atoms with Gasteiger partial charge in [-0.05, 0) is 54.7 Å². The zero-order chi connectivity index (χ0) is 13.2. The lowest BCUT2D eigenvalue weighted by Gasteiger charge is -2.39. The number of hydrogen-bond donors (Lipinski definition) is 0. The Morgan fingerprint density at radius 1 is 1.33 bits per heavy atom. The number of thiophene rings is 1. The monoisotopic (exact) mass is 329 g/mol. The Labute approximate surface area is 122 Å². The van der Waals surface area contributed by atoms with Crippen LogP contribution < -0.4 is 0 Å². The van der Waals surface area contributed by atoms with Gasteiger partial charge in [-0.2, -0.15) is 11.3 Å². The summed E-state index contributed by atoms with van der Waals surface area (Å²) in [4.78, 5) is 15.3. The highest BCUT2D eigenvalue weighted by Crippen LogP contribution is 2.34. The van der Waals surface area contributed by atoms with E-state index in [-0.39, 0.29) is 5.54 Å². The fourth-order valence-electron chi connectivity index (χ4n) is 3.00. The van der Waals surface area contributed by atoms with Crippen molar-refractivity contribution in [2.24, 2.45) is 0 Å². The molecule has 0 saturated carbocycles. The second-order valence-corrected chi connectivity index (χ2v) is 6.49. The van der Waals surface area contributed by atoms with Crippen LogP contribution in [0.3, 0.4) is 0 Å². The summed E-state index contributed by atoms with van der Waals surface area (Å²) < 4.78 is 0.947. The molecule has 0 bridgehead atoms. The predicted octanol–water partition coefficient (Wildman–Crippen LogP) is 4.35. The van der Waals surface area contributed by atoms with E-state index < -0.39 is 0 Å². The number of likely N-dealkylation sites (tertiary alicyclic amines) is 1. The maximum Gasteiger partial charge on any atom is 0.185 e. The van der Waals surface area contributed by atoms with Crippen molar-refractivity contribution in [2.75, 3.05) is 13.1 Å². The first-order valence-electron chi connectivity index (χ1n) is 6.67. The quantitative estimate of drug-likeness (QED) is 0.748. The summed E-state index contributed by atoms with van der Waals surface area (Å²) in [5, 5.41) is 3.97. The largest absolute Gasteiger partial charge is 0.292 e. The molecule has 18 heavy (non-hydrogen) atoms. The maximum atomic E-state index is 12.9.